The first kappa shape index (κ1) is 22.0. The number of alkyl halides is 3. The molecule has 11 heteroatoms. The van der Waals surface area contributed by atoms with Crippen molar-refractivity contribution in [2.75, 3.05) is 42.9 Å². The molecule has 2 aromatic rings. The SMILES string of the molecule is N#Cc1ccc(NC(=O)CN2CCN(c3ccc(C(F)(F)F)cc3[N+](=O)[O-])CC2)cc1. The summed E-state index contributed by atoms with van der Waals surface area (Å²) in [4.78, 5) is 26.2. The van der Waals surface area contributed by atoms with Crippen molar-refractivity contribution in [1.82, 2.24) is 4.90 Å². The zero-order valence-corrected chi connectivity index (χ0v) is 16.2. The van der Waals surface area contributed by atoms with Gasteiger partial charge in [0.25, 0.3) is 5.69 Å². The summed E-state index contributed by atoms with van der Waals surface area (Å²) in [6.07, 6.45) is -4.66. The molecule has 1 aliphatic heterocycles. The highest BCUT2D eigenvalue weighted by Crippen LogP contribution is 2.36. The van der Waals surface area contributed by atoms with Crippen molar-refractivity contribution in [2.24, 2.45) is 0 Å². The van der Waals surface area contributed by atoms with E-state index in [4.69, 9.17) is 5.26 Å². The van der Waals surface area contributed by atoms with Gasteiger partial charge in [0.2, 0.25) is 5.91 Å². The van der Waals surface area contributed by atoms with Crippen LogP contribution in [-0.2, 0) is 11.0 Å². The van der Waals surface area contributed by atoms with Crippen LogP contribution < -0.4 is 10.2 Å². The highest BCUT2D eigenvalue weighted by Gasteiger charge is 2.34. The highest BCUT2D eigenvalue weighted by molar-refractivity contribution is 5.92. The average Bonchev–Trinajstić information content (AvgIpc) is 2.73. The van der Waals surface area contributed by atoms with E-state index in [1.54, 1.807) is 29.2 Å². The fourth-order valence-corrected chi connectivity index (χ4v) is 3.29. The maximum atomic E-state index is 12.9. The van der Waals surface area contributed by atoms with Gasteiger partial charge in [0.05, 0.1) is 28.7 Å². The van der Waals surface area contributed by atoms with E-state index in [0.717, 1.165) is 12.1 Å². The summed E-state index contributed by atoms with van der Waals surface area (Å²) in [5.74, 6) is -0.251. The summed E-state index contributed by atoms with van der Waals surface area (Å²) in [5.41, 5.74) is -0.503. The number of hydrogen-bond donors (Lipinski definition) is 1. The lowest BCUT2D eigenvalue weighted by molar-refractivity contribution is -0.384. The van der Waals surface area contributed by atoms with Gasteiger partial charge in [-0.05, 0) is 36.4 Å². The van der Waals surface area contributed by atoms with Gasteiger partial charge in [-0.25, -0.2) is 0 Å². The molecule has 0 aromatic heterocycles. The van der Waals surface area contributed by atoms with Crippen LogP contribution in [0, 0.1) is 21.4 Å². The minimum atomic E-state index is -4.66. The zero-order chi connectivity index (χ0) is 22.6. The number of halogens is 3. The first-order chi connectivity index (χ1) is 14.7. The van der Waals surface area contributed by atoms with Crippen molar-refractivity contribution < 1.29 is 22.9 Å². The zero-order valence-electron chi connectivity index (χ0n) is 16.2. The molecule has 0 spiro atoms. The Bertz CT molecular complexity index is 1010. The second-order valence-corrected chi connectivity index (χ2v) is 6.96. The quantitative estimate of drug-likeness (QED) is 0.574. The third-order valence-corrected chi connectivity index (χ3v) is 4.88. The molecule has 0 aliphatic carbocycles. The van der Waals surface area contributed by atoms with Gasteiger partial charge in [0.15, 0.2) is 0 Å². The van der Waals surface area contributed by atoms with Crippen LogP contribution in [-0.4, -0.2) is 48.5 Å². The van der Waals surface area contributed by atoms with Crippen LogP contribution in [0.1, 0.15) is 11.1 Å². The highest BCUT2D eigenvalue weighted by atomic mass is 19.4. The number of anilines is 2. The fraction of sp³-hybridized carbons (Fsp3) is 0.300. The third kappa shape index (κ3) is 5.49. The number of nitrogens with one attached hydrogen (secondary N) is 1. The van der Waals surface area contributed by atoms with E-state index in [1.807, 2.05) is 11.0 Å². The van der Waals surface area contributed by atoms with E-state index in [-0.39, 0.29) is 18.1 Å². The number of hydrogen-bond acceptors (Lipinski definition) is 6. The number of rotatable bonds is 5. The van der Waals surface area contributed by atoms with Crippen LogP contribution in [0.2, 0.25) is 0 Å². The van der Waals surface area contributed by atoms with Gasteiger partial charge in [0.1, 0.15) is 5.69 Å². The first-order valence-corrected chi connectivity index (χ1v) is 9.30. The molecule has 2 aromatic carbocycles. The molecule has 31 heavy (non-hydrogen) atoms. The van der Waals surface area contributed by atoms with Gasteiger partial charge in [-0.15, -0.1) is 0 Å². The predicted molar refractivity (Wildman–Crippen MR) is 107 cm³/mol. The Morgan fingerprint density at radius 3 is 2.32 bits per heavy atom. The van der Waals surface area contributed by atoms with Crippen LogP contribution in [0.15, 0.2) is 42.5 Å². The Hall–Kier alpha value is -3.65. The van der Waals surface area contributed by atoms with E-state index in [1.165, 1.54) is 0 Å². The molecule has 0 atom stereocenters. The first-order valence-electron chi connectivity index (χ1n) is 9.30. The molecule has 0 radical (unpaired) electrons. The second-order valence-electron chi connectivity index (χ2n) is 6.96. The second kappa shape index (κ2) is 9.01. The molecule has 1 N–H and O–H groups in total. The molecule has 1 fully saturated rings. The molecule has 0 bridgehead atoms. The fourth-order valence-electron chi connectivity index (χ4n) is 3.29. The van der Waals surface area contributed by atoms with E-state index in [0.29, 0.717) is 43.5 Å². The van der Waals surface area contributed by atoms with Crippen molar-refractivity contribution in [2.45, 2.75) is 6.18 Å². The Kier molecular flexibility index (Phi) is 6.41. The van der Waals surface area contributed by atoms with Crippen molar-refractivity contribution in [3.63, 3.8) is 0 Å². The summed E-state index contributed by atoms with van der Waals surface area (Å²) in [6.45, 7) is 1.59. The maximum absolute atomic E-state index is 12.9. The van der Waals surface area contributed by atoms with Crippen LogP contribution >= 0.6 is 0 Å². The lowest BCUT2D eigenvalue weighted by Gasteiger charge is -2.35. The van der Waals surface area contributed by atoms with Gasteiger partial charge in [0, 0.05) is 37.9 Å². The summed E-state index contributed by atoms with van der Waals surface area (Å²) in [6, 6.07) is 10.9. The summed E-state index contributed by atoms with van der Waals surface area (Å²) in [7, 11) is 0. The van der Waals surface area contributed by atoms with E-state index in [9.17, 15) is 28.1 Å². The maximum Gasteiger partial charge on any atom is 0.416 e. The average molecular weight is 433 g/mol. The lowest BCUT2D eigenvalue weighted by atomic mass is 10.1. The Morgan fingerprint density at radius 1 is 1.13 bits per heavy atom. The van der Waals surface area contributed by atoms with Gasteiger partial charge < -0.3 is 10.2 Å². The lowest BCUT2D eigenvalue weighted by Crippen LogP contribution is -2.48. The number of benzene rings is 2. The van der Waals surface area contributed by atoms with Crippen LogP contribution in [0.4, 0.5) is 30.2 Å². The Balaban J connectivity index is 1.59. The molecular weight excluding hydrogens is 415 g/mol. The number of nitro groups is 1. The van der Waals surface area contributed by atoms with Crippen molar-refractivity contribution in [3.8, 4) is 6.07 Å². The number of carbonyl (C=O) groups is 1. The molecule has 0 saturated carbocycles. The number of piperazine rings is 1. The molecule has 1 aliphatic rings. The number of nitriles is 1. The molecule has 1 heterocycles. The van der Waals surface area contributed by atoms with Crippen LogP contribution in [0.25, 0.3) is 0 Å². The van der Waals surface area contributed by atoms with Crippen LogP contribution in [0.5, 0.6) is 0 Å². The van der Waals surface area contributed by atoms with Crippen molar-refractivity contribution in [3.05, 3.63) is 63.7 Å². The third-order valence-electron chi connectivity index (χ3n) is 4.88. The largest absolute Gasteiger partial charge is 0.416 e. The van der Waals surface area contributed by atoms with Gasteiger partial charge in [-0.1, -0.05) is 0 Å². The summed E-state index contributed by atoms with van der Waals surface area (Å²) >= 11 is 0. The predicted octanol–water partition coefficient (Wildman–Crippen LogP) is 3.25. The standard InChI is InChI=1S/C20H18F3N5O3/c21-20(22,23)15-3-6-17(18(11-15)28(30)31)27-9-7-26(8-10-27)13-19(29)25-16-4-1-14(12-24)2-5-16/h1-6,11H,7-10,13H2,(H,25,29). The number of nitrogens with zero attached hydrogens (tertiary/aromatic N) is 4. The van der Waals surface area contributed by atoms with Crippen LogP contribution in [0.3, 0.4) is 0 Å². The van der Waals surface area contributed by atoms with Crippen molar-refractivity contribution >= 4 is 23.0 Å². The topological polar surface area (TPSA) is 103 Å². The van der Waals surface area contributed by atoms with E-state index >= 15 is 0 Å². The smallest absolute Gasteiger partial charge is 0.363 e. The Labute approximate surface area is 175 Å². The van der Waals surface area contributed by atoms with Gasteiger partial charge in [-0.2, -0.15) is 18.4 Å². The van der Waals surface area contributed by atoms with Gasteiger partial charge in [-0.3, -0.25) is 19.8 Å². The normalized spacial score (nSPS) is 14.7. The minimum Gasteiger partial charge on any atom is -0.363 e. The summed E-state index contributed by atoms with van der Waals surface area (Å²) < 4.78 is 38.6. The van der Waals surface area contributed by atoms with E-state index < -0.39 is 22.4 Å². The Morgan fingerprint density at radius 2 is 1.77 bits per heavy atom. The van der Waals surface area contributed by atoms with Crippen molar-refractivity contribution in [1.29, 1.82) is 5.26 Å². The summed E-state index contributed by atoms with van der Waals surface area (Å²) in [5, 5.41) is 22.8. The molecular formula is C20H18F3N5O3. The minimum absolute atomic E-state index is 0.100. The van der Waals surface area contributed by atoms with Gasteiger partial charge >= 0.3 is 6.18 Å². The number of amides is 1. The molecule has 3 rings (SSSR count). The number of nitro benzene ring substituents is 1. The van der Waals surface area contributed by atoms with E-state index in [2.05, 4.69) is 5.32 Å². The number of carbonyl (C=O) groups excluding carboxylic acids is 1. The molecule has 1 amide bonds. The molecule has 162 valence electrons. The molecule has 0 unspecified atom stereocenters. The molecule has 1 saturated heterocycles. The monoisotopic (exact) mass is 433 g/mol. The molecule has 8 nitrogen and oxygen atoms in total.